The molecule has 0 aliphatic rings. The van der Waals surface area contributed by atoms with E-state index in [4.69, 9.17) is 0 Å². The molecule has 0 aliphatic heterocycles. The summed E-state index contributed by atoms with van der Waals surface area (Å²) in [5.41, 5.74) is 0.449. The van der Waals surface area contributed by atoms with Crippen LogP contribution in [-0.4, -0.2) is 19.3 Å². The number of ether oxygens (including phenoxy) is 1. The second-order valence-electron chi connectivity index (χ2n) is 2.82. The number of hydrogen-bond donors (Lipinski definition) is 0. The molecule has 0 aliphatic carbocycles. The first-order valence-corrected chi connectivity index (χ1v) is 4.20. The molecular formula is C11H7F3O2. The lowest BCUT2D eigenvalue weighted by atomic mass is 10.1. The molecule has 2 nitrogen and oxygen atoms in total. The van der Waals surface area contributed by atoms with Crippen molar-refractivity contribution in [3.63, 3.8) is 0 Å². The van der Waals surface area contributed by atoms with E-state index in [0.717, 1.165) is 5.92 Å². The van der Waals surface area contributed by atoms with Gasteiger partial charge in [-0.15, -0.1) is 0 Å². The first-order valence-electron chi connectivity index (χ1n) is 4.20. The topological polar surface area (TPSA) is 26.3 Å². The van der Waals surface area contributed by atoms with Crippen molar-refractivity contribution in [3.05, 3.63) is 35.4 Å². The fourth-order valence-corrected chi connectivity index (χ4v) is 0.951. The van der Waals surface area contributed by atoms with E-state index in [-0.39, 0.29) is 11.1 Å². The van der Waals surface area contributed by atoms with Crippen LogP contribution < -0.4 is 0 Å². The fraction of sp³-hybridized carbons (Fsp3) is 0.182. The minimum Gasteiger partial charge on any atom is -0.465 e. The Kier molecular flexibility index (Phi) is 3.56. The van der Waals surface area contributed by atoms with E-state index < -0.39 is 12.1 Å². The van der Waals surface area contributed by atoms with E-state index in [2.05, 4.69) is 4.74 Å². The Bertz CT molecular complexity index is 435. The maximum Gasteiger partial charge on any atom is 0.458 e. The van der Waals surface area contributed by atoms with Crippen molar-refractivity contribution in [2.45, 2.75) is 6.18 Å². The molecule has 0 fully saturated rings. The molecule has 5 heteroatoms. The van der Waals surface area contributed by atoms with Gasteiger partial charge < -0.3 is 4.74 Å². The number of alkyl halides is 3. The van der Waals surface area contributed by atoms with Gasteiger partial charge in [-0.25, -0.2) is 4.79 Å². The highest BCUT2D eigenvalue weighted by Crippen LogP contribution is 2.13. The summed E-state index contributed by atoms with van der Waals surface area (Å²) in [5, 5.41) is 0. The number of carbonyl (C=O) groups is 1. The molecule has 16 heavy (non-hydrogen) atoms. The molecular weight excluding hydrogens is 221 g/mol. The lowest BCUT2D eigenvalue weighted by Gasteiger charge is -1.98. The average molecular weight is 228 g/mol. The second-order valence-corrected chi connectivity index (χ2v) is 2.82. The molecule has 0 saturated heterocycles. The van der Waals surface area contributed by atoms with Gasteiger partial charge in [0.15, 0.2) is 0 Å². The van der Waals surface area contributed by atoms with Gasteiger partial charge in [0.05, 0.1) is 12.7 Å². The minimum atomic E-state index is -4.51. The van der Waals surface area contributed by atoms with E-state index in [1.807, 2.05) is 5.92 Å². The Hall–Kier alpha value is -1.96. The normalized spacial score (nSPS) is 10.2. The Morgan fingerprint density at radius 3 is 2.25 bits per heavy atom. The number of hydrogen-bond acceptors (Lipinski definition) is 2. The van der Waals surface area contributed by atoms with Crippen molar-refractivity contribution >= 4 is 5.97 Å². The molecule has 0 aromatic heterocycles. The van der Waals surface area contributed by atoms with Gasteiger partial charge in [0.2, 0.25) is 0 Å². The smallest absolute Gasteiger partial charge is 0.458 e. The Labute approximate surface area is 90.0 Å². The Balaban J connectivity index is 2.87. The van der Waals surface area contributed by atoms with Crippen LogP contribution in [0.1, 0.15) is 15.9 Å². The monoisotopic (exact) mass is 228 g/mol. The average Bonchev–Trinajstić information content (AvgIpc) is 2.25. The maximum atomic E-state index is 11.8. The first-order chi connectivity index (χ1) is 7.42. The predicted octanol–water partition coefficient (Wildman–Crippen LogP) is 2.39. The maximum absolute atomic E-state index is 11.8. The number of esters is 1. The number of benzene rings is 1. The van der Waals surface area contributed by atoms with Crippen LogP contribution in [0.2, 0.25) is 0 Å². The number of halogens is 3. The van der Waals surface area contributed by atoms with Crippen molar-refractivity contribution < 1.29 is 22.7 Å². The van der Waals surface area contributed by atoms with Crippen LogP contribution in [0, 0.1) is 11.8 Å². The summed E-state index contributed by atoms with van der Waals surface area (Å²) >= 11 is 0. The second kappa shape index (κ2) is 4.71. The lowest BCUT2D eigenvalue weighted by Crippen LogP contribution is -2.02. The van der Waals surface area contributed by atoms with Gasteiger partial charge >= 0.3 is 12.1 Å². The van der Waals surface area contributed by atoms with Crippen LogP contribution in [0.15, 0.2) is 24.3 Å². The molecule has 1 rings (SSSR count). The van der Waals surface area contributed by atoms with E-state index in [0.29, 0.717) is 0 Å². The van der Waals surface area contributed by atoms with Crippen LogP contribution in [0.3, 0.4) is 0 Å². The molecule has 0 heterocycles. The van der Waals surface area contributed by atoms with Crippen LogP contribution in [0.4, 0.5) is 13.2 Å². The highest BCUT2D eigenvalue weighted by molar-refractivity contribution is 5.89. The van der Waals surface area contributed by atoms with E-state index in [9.17, 15) is 18.0 Å². The molecule has 1 aromatic carbocycles. The quantitative estimate of drug-likeness (QED) is 0.545. The summed E-state index contributed by atoms with van der Waals surface area (Å²) in [5.74, 6) is 2.53. The molecule has 0 saturated carbocycles. The summed E-state index contributed by atoms with van der Waals surface area (Å²) in [4.78, 5) is 11.0. The zero-order chi connectivity index (χ0) is 12.2. The third kappa shape index (κ3) is 3.65. The van der Waals surface area contributed by atoms with Crippen molar-refractivity contribution in [2.24, 2.45) is 0 Å². The minimum absolute atomic E-state index is 0.185. The molecule has 0 radical (unpaired) electrons. The van der Waals surface area contributed by atoms with Gasteiger partial charge in [-0.1, -0.05) is 5.92 Å². The summed E-state index contributed by atoms with van der Waals surface area (Å²) in [6, 6.07) is 5.36. The highest BCUT2D eigenvalue weighted by atomic mass is 19.4. The molecule has 0 atom stereocenters. The molecule has 1 aromatic rings. The summed E-state index contributed by atoms with van der Waals surface area (Å²) in [7, 11) is 1.22. The molecule has 0 amide bonds. The standard InChI is InChI=1S/C11H7F3O2/c1-16-10(15)9-4-2-8(3-5-9)6-7-11(12,13)14/h2-5H,1H3. The third-order valence-corrected chi connectivity index (χ3v) is 1.65. The SMILES string of the molecule is COC(=O)c1ccc(C#CC(F)(F)F)cc1. The van der Waals surface area contributed by atoms with Gasteiger partial charge in [-0.3, -0.25) is 0 Å². The zero-order valence-electron chi connectivity index (χ0n) is 8.26. The van der Waals surface area contributed by atoms with Gasteiger partial charge in [0, 0.05) is 11.5 Å². The zero-order valence-corrected chi connectivity index (χ0v) is 8.26. The van der Waals surface area contributed by atoms with E-state index in [1.165, 1.54) is 31.4 Å². The third-order valence-electron chi connectivity index (χ3n) is 1.65. The van der Waals surface area contributed by atoms with Gasteiger partial charge in [0.25, 0.3) is 0 Å². The Morgan fingerprint density at radius 1 is 1.25 bits per heavy atom. The molecule has 84 valence electrons. The van der Waals surface area contributed by atoms with Gasteiger partial charge in [0.1, 0.15) is 0 Å². The van der Waals surface area contributed by atoms with Crippen LogP contribution in [-0.2, 0) is 4.74 Å². The number of carbonyl (C=O) groups excluding carboxylic acids is 1. The van der Waals surface area contributed by atoms with E-state index in [1.54, 1.807) is 0 Å². The Morgan fingerprint density at radius 2 is 1.81 bits per heavy atom. The van der Waals surface area contributed by atoms with Crippen molar-refractivity contribution in [1.29, 1.82) is 0 Å². The molecule has 0 bridgehead atoms. The van der Waals surface area contributed by atoms with Gasteiger partial charge in [-0.2, -0.15) is 13.2 Å². The number of rotatable bonds is 1. The summed E-state index contributed by atoms with van der Waals surface area (Å²) in [6.07, 6.45) is -4.51. The first kappa shape index (κ1) is 12.1. The lowest BCUT2D eigenvalue weighted by molar-refractivity contribution is -0.0696. The van der Waals surface area contributed by atoms with Crippen LogP contribution in [0.25, 0.3) is 0 Å². The van der Waals surface area contributed by atoms with Crippen molar-refractivity contribution in [1.82, 2.24) is 0 Å². The van der Waals surface area contributed by atoms with Crippen LogP contribution >= 0.6 is 0 Å². The highest BCUT2D eigenvalue weighted by Gasteiger charge is 2.22. The van der Waals surface area contributed by atoms with Crippen molar-refractivity contribution in [3.8, 4) is 11.8 Å². The summed E-state index contributed by atoms with van der Waals surface area (Å²) in [6.45, 7) is 0. The molecule has 0 unspecified atom stereocenters. The van der Waals surface area contributed by atoms with Gasteiger partial charge in [-0.05, 0) is 24.3 Å². The van der Waals surface area contributed by atoms with E-state index >= 15 is 0 Å². The largest absolute Gasteiger partial charge is 0.465 e. The fourth-order valence-electron chi connectivity index (χ4n) is 0.951. The molecule has 0 N–H and O–H groups in total. The summed E-state index contributed by atoms with van der Waals surface area (Å²) < 4.78 is 39.7. The van der Waals surface area contributed by atoms with Crippen LogP contribution in [0.5, 0.6) is 0 Å². The predicted molar refractivity (Wildman–Crippen MR) is 50.7 cm³/mol. The van der Waals surface area contributed by atoms with Crippen molar-refractivity contribution in [2.75, 3.05) is 7.11 Å². The molecule has 0 spiro atoms. The number of methoxy groups -OCH3 is 1.